The van der Waals surface area contributed by atoms with Crippen LogP contribution in [0.4, 0.5) is 0 Å². The minimum atomic E-state index is -0.383. The molecule has 0 atom stereocenters. The number of nitrogens with zero attached hydrogens (tertiary/aromatic N) is 3. The van der Waals surface area contributed by atoms with Crippen molar-refractivity contribution in [3.63, 3.8) is 0 Å². The van der Waals surface area contributed by atoms with Crippen molar-refractivity contribution < 1.29 is 4.74 Å². The first-order chi connectivity index (χ1) is 12.0. The molecule has 3 rings (SSSR count). The molecule has 2 heterocycles. The average Bonchev–Trinajstić information content (AvgIpc) is 2.99. The fraction of sp³-hybridized carbons (Fsp3) is 0.167. The summed E-state index contributed by atoms with van der Waals surface area (Å²) in [6.07, 6.45) is 3.58. The Morgan fingerprint density at radius 1 is 1.40 bits per heavy atom. The van der Waals surface area contributed by atoms with Crippen LogP contribution in [0.15, 0.2) is 45.9 Å². The minimum Gasteiger partial charge on any atom is -0.496 e. The van der Waals surface area contributed by atoms with Crippen molar-refractivity contribution in [2.75, 3.05) is 7.11 Å². The van der Waals surface area contributed by atoms with Crippen molar-refractivity contribution in [3.05, 3.63) is 68.3 Å². The number of rotatable bonds is 4. The number of aromatic amines is 1. The van der Waals surface area contributed by atoms with Gasteiger partial charge in [0.05, 0.1) is 24.3 Å². The van der Waals surface area contributed by atoms with E-state index in [-0.39, 0.29) is 11.1 Å². The zero-order chi connectivity index (χ0) is 18.0. The van der Waals surface area contributed by atoms with Crippen molar-refractivity contribution in [2.24, 2.45) is 0 Å². The normalized spacial score (nSPS) is 10.5. The molecule has 0 aliphatic heterocycles. The summed E-state index contributed by atoms with van der Waals surface area (Å²) in [5, 5.41) is 13.6. The Morgan fingerprint density at radius 2 is 2.20 bits per heavy atom. The lowest BCUT2D eigenvalue weighted by Crippen LogP contribution is -2.13. The van der Waals surface area contributed by atoms with Gasteiger partial charge in [-0.3, -0.25) is 9.48 Å². The van der Waals surface area contributed by atoms with Gasteiger partial charge in [0.15, 0.2) is 0 Å². The van der Waals surface area contributed by atoms with Gasteiger partial charge in [0.2, 0.25) is 0 Å². The van der Waals surface area contributed by atoms with E-state index in [2.05, 4.69) is 26.0 Å². The molecule has 0 saturated carbocycles. The lowest BCUT2D eigenvalue weighted by molar-refractivity contribution is 0.407. The minimum absolute atomic E-state index is 0.101. The predicted molar refractivity (Wildman–Crippen MR) is 97.5 cm³/mol. The van der Waals surface area contributed by atoms with Crippen LogP contribution in [0.25, 0.3) is 11.1 Å². The lowest BCUT2D eigenvalue weighted by atomic mass is 9.98. The number of ether oxygens (including phenoxy) is 1. The van der Waals surface area contributed by atoms with E-state index in [9.17, 15) is 10.1 Å². The van der Waals surface area contributed by atoms with Crippen molar-refractivity contribution in [1.29, 1.82) is 5.26 Å². The predicted octanol–water partition coefficient (Wildman–Crippen LogP) is 3.24. The van der Waals surface area contributed by atoms with Crippen LogP contribution in [0.3, 0.4) is 0 Å². The molecule has 7 heteroatoms. The summed E-state index contributed by atoms with van der Waals surface area (Å²) in [5.41, 5.74) is 2.71. The molecule has 0 radical (unpaired) electrons. The third kappa shape index (κ3) is 3.49. The van der Waals surface area contributed by atoms with Gasteiger partial charge < -0.3 is 9.72 Å². The quantitative estimate of drug-likeness (QED) is 0.730. The van der Waals surface area contributed by atoms with Gasteiger partial charge in [-0.05, 0) is 46.6 Å². The summed E-state index contributed by atoms with van der Waals surface area (Å²) in [5.74, 6) is 0.718. The van der Waals surface area contributed by atoms with E-state index >= 15 is 0 Å². The topological polar surface area (TPSA) is 83.7 Å². The first-order valence-corrected chi connectivity index (χ1v) is 8.30. The highest BCUT2D eigenvalue weighted by atomic mass is 79.9. The van der Waals surface area contributed by atoms with Crippen LogP contribution in [-0.4, -0.2) is 21.9 Å². The molecule has 0 amide bonds. The van der Waals surface area contributed by atoms with Crippen LogP contribution in [0, 0.1) is 18.3 Å². The van der Waals surface area contributed by atoms with E-state index in [1.807, 2.05) is 30.5 Å². The second kappa shape index (κ2) is 6.95. The molecule has 25 heavy (non-hydrogen) atoms. The van der Waals surface area contributed by atoms with Gasteiger partial charge in [0.1, 0.15) is 17.4 Å². The highest BCUT2D eigenvalue weighted by molar-refractivity contribution is 9.10. The van der Waals surface area contributed by atoms with Crippen molar-refractivity contribution in [3.8, 4) is 22.9 Å². The molecule has 0 aliphatic rings. The van der Waals surface area contributed by atoms with E-state index in [1.165, 1.54) is 0 Å². The number of H-pyrrole nitrogens is 1. The average molecular weight is 399 g/mol. The fourth-order valence-corrected chi connectivity index (χ4v) is 3.02. The van der Waals surface area contributed by atoms with Crippen LogP contribution >= 0.6 is 15.9 Å². The van der Waals surface area contributed by atoms with Gasteiger partial charge in [0.25, 0.3) is 5.56 Å². The molecule has 0 bridgehead atoms. The van der Waals surface area contributed by atoms with Gasteiger partial charge in [-0.15, -0.1) is 0 Å². The SMILES string of the molecule is COc1ccc(-c2cc(C)[nH]c(=O)c2C#N)cc1Cn1cc(Br)cn1. The molecule has 0 unspecified atom stereocenters. The summed E-state index contributed by atoms with van der Waals surface area (Å²) in [6, 6.07) is 9.39. The summed E-state index contributed by atoms with van der Waals surface area (Å²) >= 11 is 3.38. The molecule has 2 aromatic heterocycles. The molecule has 0 aliphatic carbocycles. The second-order valence-corrected chi connectivity index (χ2v) is 6.48. The maximum atomic E-state index is 12.0. The van der Waals surface area contributed by atoms with Crippen LogP contribution in [0.2, 0.25) is 0 Å². The highest BCUT2D eigenvalue weighted by Crippen LogP contribution is 2.28. The Hall–Kier alpha value is -2.85. The Labute approximate surface area is 152 Å². The standard InChI is InChI=1S/C18H15BrN4O2/c1-11-5-15(16(7-20)18(24)22-11)12-3-4-17(25-2)13(6-12)9-23-10-14(19)8-21-23/h3-6,8,10H,9H2,1-2H3,(H,22,24). The monoisotopic (exact) mass is 398 g/mol. The van der Waals surface area contributed by atoms with E-state index < -0.39 is 0 Å². The Morgan fingerprint density at radius 3 is 2.84 bits per heavy atom. The number of hydrogen-bond acceptors (Lipinski definition) is 4. The largest absolute Gasteiger partial charge is 0.496 e. The number of nitrogens with one attached hydrogen (secondary N) is 1. The van der Waals surface area contributed by atoms with Crippen LogP contribution in [-0.2, 0) is 6.54 Å². The number of pyridine rings is 1. The zero-order valence-electron chi connectivity index (χ0n) is 13.7. The summed E-state index contributed by atoms with van der Waals surface area (Å²) in [6.45, 7) is 2.30. The van der Waals surface area contributed by atoms with Gasteiger partial charge in [-0.2, -0.15) is 10.4 Å². The van der Waals surface area contributed by atoms with Crippen LogP contribution < -0.4 is 10.3 Å². The molecule has 3 aromatic rings. The third-order valence-corrected chi connectivity index (χ3v) is 4.21. The molecule has 1 N–H and O–H groups in total. The van der Waals surface area contributed by atoms with E-state index in [1.54, 1.807) is 31.0 Å². The summed E-state index contributed by atoms with van der Waals surface area (Å²) in [4.78, 5) is 14.7. The molecule has 0 spiro atoms. The molecular weight excluding hydrogens is 384 g/mol. The van der Waals surface area contributed by atoms with Gasteiger partial charge in [-0.25, -0.2) is 0 Å². The summed E-state index contributed by atoms with van der Waals surface area (Å²) < 4.78 is 8.10. The van der Waals surface area contributed by atoms with Crippen molar-refractivity contribution in [2.45, 2.75) is 13.5 Å². The molecule has 6 nitrogen and oxygen atoms in total. The molecule has 0 fully saturated rings. The Bertz CT molecular complexity index is 1030. The van der Waals surface area contributed by atoms with Gasteiger partial charge >= 0.3 is 0 Å². The first kappa shape index (κ1) is 17.0. The Kier molecular flexibility index (Phi) is 4.72. The van der Waals surface area contributed by atoms with Crippen LogP contribution in [0.1, 0.15) is 16.8 Å². The van der Waals surface area contributed by atoms with Crippen molar-refractivity contribution >= 4 is 15.9 Å². The molecular formula is C18H15BrN4O2. The third-order valence-electron chi connectivity index (χ3n) is 3.81. The van der Waals surface area contributed by atoms with E-state index in [0.29, 0.717) is 17.8 Å². The first-order valence-electron chi connectivity index (χ1n) is 7.51. The number of aromatic nitrogens is 3. The molecule has 1 aromatic carbocycles. The lowest BCUT2D eigenvalue weighted by Gasteiger charge is -2.12. The Balaban J connectivity index is 2.12. The van der Waals surface area contributed by atoms with Gasteiger partial charge in [0, 0.05) is 23.0 Å². The van der Waals surface area contributed by atoms with Crippen LogP contribution in [0.5, 0.6) is 5.75 Å². The number of hydrogen-bond donors (Lipinski definition) is 1. The maximum Gasteiger partial charge on any atom is 0.266 e. The number of benzene rings is 1. The smallest absolute Gasteiger partial charge is 0.266 e. The maximum absolute atomic E-state index is 12.0. The van der Waals surface area contributed by atoms with E-state index in [0.717, 1.165) is 21.3 Å². The molecule has 126 valence electrons. The number of aryl methyl sites for hydroxylation is 1. The highest BCUT2D eigenvalue weighted by Gasteiger charge is 2.13. The van der Waals surface area contributed by atoms with Gasteiger partial charge in [-0.1, -0.05) is 6.07 Å². The summed E-state index contributed by atoms with van der Waals surface area (Å²) in [7, 11) is 1.61. The number of nitriles is 1. The van der Waals surface area contributed by atoms with Crippen molar-refractivity contribution in [1.82, 2.24) is 14.8 Å². The molecule has 0 saturated heterocycles. The fourth-order valence-electron chi connectivity index (χ4n) is 2.70. The van der Waals surface area contributed by atoms with E-state index in [4.69, 9.17) is 4.74 Å². The second-order valence-electron chi connectivity index (χ2n) is 5.56. The number of methoxy groups -OCH3 is 1. The number of halogens is 1. The zero-order valence-corrected chi connectivity index (χ0v) is 15.3.